The van der Waals surface area contributed by atoms with Crippen LogP contribution in [0.3, 0.4) is 0 Å². The van der Waals surface area contributed by atoms with Gasteiger partial charge in [0.25, 0.3) is 16.8 Å². The summed E-state index contributed by atoms with van der Waals surface area (Å²) in [7, 11) is 4.71. The molecule has 2 aliphatic carbocycles. The van der Waals surface area contributed by atoms with Gasteiger partial charge in [-0.2, -0.15) is 0 Å². The Bertz CT molecular complexity index is 2480. The van der Waals surface area contributed by atoms with Crippen molar-refractivity contribution in [3.8, 4) is 0 Å². The Morgan fingerprint density at radius 1 is 0.653 bits per heavy atom. The third-order valence-electron chi connectivity index (χ3n) is 12.8. The Morgan fingerprint density at radius 3 is 1.43 bits per heavy atom. The van der Waals surface area contributed by atoms with Gasteiger partial charge in [-0.1, -0.05) is 133 Å². The molecule has 2 saturated carbocycles. The molecule has 0 bridgehead atoms. The molecule has 0 heterocycles. The summed E-state index contributed by atoms with van der Waals surface area (Å²) in [5, 5.41) is 20.7. The summed E-state index contributed by atoms with van der Waals surface area (Å²) >= 11 is 40.2. The number of Topliss-reactive ketones (excluding diaryl/α,β-unsaturated/α-hetero) is 1. The zero-order valence-corrected chi connectivity index (χ0v) is 45.9. The number of nitrogens with one attached hydrogen (secondary N) is 3. The number of carbonyl (C=O) groups excluding carboxylic acids is 4. The van der Waals surface area contributed by atoms with Crippen molar-refractivity contribution in [2.24, 2.45) is 10.8 Å². The molecule has 2 unspecified atom stereocenters. The molecule has 72 heavy (non-hydrogen) atoms. The molecule has 0 aromatic heterocycles. The second kappa shape index (κ2) is 29.6. The number of halogens is 5. The number of methoxy groups -OCH3 is 3. The van der Waals surface area contributed by atoms with Crippen molar-refractivity contribution in [2.45, 2.75) is 96.1 Å². The minimum absolute atomic E-state index is 0.0151. The fourth-order valence-corrected chi connectivity index (χ4v) is 11.0. The van der Waals surface area contributed by atoms with Crippen molar-refractivity contribution in [3.63, 3.8) is 0 Å². The van der Waals surface area contributed by atoms with Gasteiger partial charge in [0.2, 0.25) is 0 Å². The van der Waals surface area contributed by atoms with Gasteiger partial charge in [0.05, 0.1) is 59.3 Å². The Hall–Kier alpha value is -4.29. The van der Waals surface area contributed by atoms with Crippen LogP contribution < -0.4 is 16.0 Å². The molecule has 6 rings (SSSR count). The van der Waals surface area contributed by atoms with E-state index in [9.17, 15) is 29.3 Å². The van der Waals surface area contributed by atoms with Gasteiger partial charge in [0, 0.05) is 62.5 Å². The Labute approximate surface area is 456 Å². The largest absolute Gasteiger partial charge is 0.467 e. The number of nitro benzene ring substituents is 1. The van der Waals surface area contributed by atoms with Crippen LogP contribution in [0.25, 0.3) is 0 Å². The van der Waals surface area contributed by atoms with Crippen molar-refractivity contribution >= 4 is 127 Å². The van der Waals surface area contributed by atoms with Gasteiger partial charge in [-0.3, -0.25) is 24.5 Å². The molecule has 3 N–H and O–H groups in total. The average molecular weight is 1130 g/mol. The number of anilines is 1. The first-order valence-electron chi connectivity index (χ1n) is 23.2. The minimum Gasteiger partial charge on any atom is -0.467 e. The maximum absolute atomic E-state index is 12.6. The third-order valence-corrected chi connectivity index (χ3v) is 15.4. The average Bonchev–Trinajstić information content (AvgIpc) is 4.05. The van der Waals surface area contributed by atoms with E-state index >= 15 is 0 Å². The second-order valence-corrected chi connectivity index (χ2v) is 20.4. The van der Waals surface area contributed by atoms with Crippen LogP contribution in [0.2, 0.25) is 20.1 Å². The zero-order valence-electron chi connectivity index (χ0n) is 40.5. The summed E-state index contributed by atoms with van der Waals surface area (Å²) in [6.45, 7) is 2.85. The first-order valence-corrected chi connectivity index (χ1v) is 25.9. The molecule has 388 valence electrons. The van der Waals surface area contributed by atoms with Gasteiger partial charge in [-0.25, -0.2) is 4.79 Å². The number of esters is 1. The number of thiocarbonyl (C=S) groups is 2. The topological polar surface area (TPSA) is 175 Å². The first kappa shape index (κ1) is 60.3. The highest BCUT2D eigenvalue weighted by molar-refractivity contribution is 7.80. The van der Waals surface area contributed by atoms with E-state index in [1.165, 1.54) is 19.2 Å². The molecule has 0 spiro atoms. The number of non-ortho nitro benzene ring substituents is 1. The molecule has 0 radical (unpaired) electrons. The summed E-state index contributed by atoms with van der Waals surface area (Å²) in [5.41, 5.74) is 2.54. The van der Waals surface area contributed by atoms with E-state index in [0.29, 0.717) is 46.8 Å². The molecule has 4 aromatic carbocycles. The Morgan fingerprint density at radius 2 is 1.06 bits per heavy atom. The highest BCUT2D eigenvalue weighted by Crippen LogP contribution is 2.43. The Balaban J connectivity index is 0.000000262. The molecule has 20 heteroatoms. The van der Waals surface area contributed by atoms with E-state index in [-0.39, 0.29) is 49.4 Å². The molecule has 2 fully saturated rings. The summed E-state index contributed by atoms with van der Waals surface area (Å²) in [5.74, 6) is -0.751. The number of hydrogen-bond acceptors (Lipinski definition) is 11. The predicted octanol–water partition coefficient (Wildman–Crippen LogP) is 12.8. The van der Waals surface area contributed by atoms with Crippen LogP contribution >= 0.6 is 82.4 Å². The fourth-order valence-electron chi connectivity index (χ4n) is 8.68. The van der Waals surface area contributed by atoms with E-state index in [1.54, 1.807) is 81.8 Å². The highest BCUT2D eigenvalue weighted by Gasteiger charge is 2.40. The molecular formula is C52H59Cl5N4O9S2. The number of nitrogens with zero attached hydrogens (tertiary/aromatic N) is 1. The van der Waals surface area contributed by atoms with Gasteiger partial charge < -0.3 is 30.2 Å². The maximum Gasteiger partial charge on any atom is 0.328 e. The summed E-state index contributed by atoms with van der Waals surface area (Å²) in [4.78, 5) is 59.8. The van der Waals surface area contributed by atoms with Crippen LogP contribution in [0, 0.1) is 20.9 Å². The number of ether oxygens (including phenoxy) is 3. The van der Waals surface area contributed by atoms with E-state index < -0.39 is 28.2 Å². The molecular weight excluding hydrogens is 1070 g/mol. The van der Waals surface area contributed by atoms with E-state index in [2.05, 4.69) is 16.0 Å². The van der Waals surface area contributed by atoms with Crippen LogP contribution in [0.15, 0.2) is 84.9 Å². The monoisotopic (exact) mass is 1120 g/mol. The van der Waals surface area contributed by atoms with E-state index in [0.717, 1.165) is 80.3 Å². The SMILES string of the molecule is COCCC1(C(=S)NC(Cc2ccc(NC(=O)c3c(Cl)cccc3Cl)cc2)C(C)=O)CCCC1.COCCC1(C(=S)NC(Cc2ccc([N+](=O)[O-])cc2)C(=O)OC)CCCC1.O=C(Cl)c1c(Cl)cccc1Cl. The van der Waals surface area contributed by atoms with E-state index in [1.807, 2.05) is 12.1 Å². The van der Waals surface area contributed by atoms with Crippen molar-refractivity contribution in [1.29, 1.82) is 0 Å². The quantitative estimate of drug-likeness (QED) is 0.0251. The van der Waals surface area contributed by atoms with Crippen LogP contribution in [0.5, 0.6) is 0 Å². The second-order valence-electron chi connectivity index (χ2n) is 17.6. The number of ketones is 1. The molecule has 0 aliphatic heterocycles. The maximum atomic E-state index is 12.6. The lowest BCUT2D eigenvalue weighted by Crippen LogP contribution is -2.48. The lowest BCUT2D eigenvalue weighted by atomic mass is 9.82. The smallest absolute Gasteiger partial charge is 0.328 e. The number of nitro groups is 1. The predicted molar refractivity (Wildman–Crippen MR) is 295 cm³/mol. The van der Waals surface area contributed by atoms with Gasteiger partial charge in [-0.05, 0) is 111 Å². The lowest BCUT2D eigenvalue weighted by Gasteiger charge is -2.32. The number of amides is 1. The summed E-state index contributed by atoms with van der Waals surface area (Å²) in [6, 6.07) is 22.2. The van der Waals surface area contributed by atoms with E-state index in [4.69, 9.17) is 96.7 Å². The van der Waals surface area contributed by atoms with Gasteiger partial charge in [0.1, 0.15) is 6.04 Å². The minimum atomic E-state index is -0.638. The molecule has 13 nitrogen and oxygen atoms in total. The highest BCUT2D eigenvalue weighted by atomic mass is 35.5. The van der Waals surface area contributed by atoms with Crippen molar-refractivity contribution in [2.75, 3.05) is 39.9 Å². The van der Waals surface area contributed by atoms with Crippen LogP contribution in [0.1, 0.15) is 103 Å². The van der Waals surface area contributed by atoms with Gasteiger partial charge in [0.15, 0.2) is 5.78 Å². The third kappa shape index (κ3) is 17.4. The normalized spacial score (nSPS) is 15.0. The first-order chi connectivity index (χ1) is 34.3. The summed E-state index contributed by atoms with van der Waals surface area (Å²) in [6.07, 6.45) is 11.0. The molecule has 1 amide bonds. The van der Waals surface area contributed by atoms with Gasteiger partial charge >= 0.3 is 5.97 Å². The number of hydrogen-bond donors (Lipinski definition) is 3. The fraction of sp³-hybridized carbons (Fsp3) is 0.423. The summed E-state index contributed by atoms with van der Waals surface area (Å²) < 4.78 is 15.5. The van der Waals surface area contributed by atoms with Crippen LogP contribution in [-0.2, 0) is 36.6 Å². The molecule has 4 aromatic rings. The number of benzene rings is 4. The molecule has 0 saturated heterocycles. The number of rotatable bonds is 20. The lowest BCUT2D eigenvalue weighted by molar-refractivity contribution is -0.384. The van der Waals surface area contributed by atoms with Crippen molar-refractivity contribution in [1.82, 2.24) is 10.6 Å². The zero-order chi connectivity index (χ0) is 53.0. The standard InChI is InChI=1S/C26H30Cl2N2O3S.C19H26N2O5S.C7H3Cl3O/c1-17(31)22(30-25(34)26(14-15-33-2)12-3-4-13-26)16-18-8-10-19(11-9-18)29-24(32)23-20(27)6-5-7-21(23)28;1-25-12-11-19(9-3-4-10-19)18(27)20-16(17(22)26-2)13-14-5-7-15(8-6-14)21(23)24;8-4-2-1-3-5(9)6(4)7(10)11/h5-11,22H,3-4,12-16H2,1-2H3,(H,29,32)(H,30,34);5-8,16H,3-4,9-13H2,1-2H3,(H,20,27);1-3H. The molecule has 2 atom stereocenters. The van der Waals surface area contributed by atoms with Gasteiger partial charge in [-0.15, -0.1) is 0 Å². The van der Waals surface area contributed by atoms with Crippen LogP contribution in [0.4, 0.5) is 11.4 Å². The number of carbonyl (C=O) groups is 4. The van der Waals surface area contributed by atoms with Crippen LogP contribution in [-0.4, -0.2) is 84.4 Å². The molecule has 2 aliphatic rings. The van der Waals surface area contributed by atoms with Crippen molar-refractivity contribution in [3.05, 3.63) is 137 Å². The Kier molecular flexibility index (Phi) is 24.7. The van der Waals surface area contributed by atoms with Crippen molar-refractivity contribution < 1.29 is 38.3 Å².